The third-order valence-electron chi connectivity index (χ3n) is 6.83. The van der Waals surface area contributed by atoms with Gasteiger partial charge in [0.05, 0.1) is 27.2 Å². The number of nitrogens with one attached hydrogen (secondary N) is 1. The SMILES string of the molecule is CCCCCCCOc1c(Cl)cc(C(=O)Nc2nc(-c3ccc(S(=O)(=O)N4CCCCCC4)cc3)cs2)cc1Cl. The minimum Gasteiger partial charge on any atom is -0.490 e. The standard InChI is InChI=1S/C29H35Cl2N3O4S2/c1-2-3-4-7-10-17-38-27-24(30)18-22(19-25(27)31)28(35)33-29-32-26(20-39-29)21-11-13-23(14-12-21)40(36,37)34-15-8-5-6-9-16-34/h11-14,18-20H,2-10,15-17H2,1H3,(H,32,33,35). The lowest BCUT2D eigenvalue weighted by atomic mass is 10.1. The molecule has 0 atom stereocenters. The van der Waals surface area contributed by atoms with E-state index in [1.807, 2.05) is 5.38 Å². The number of hydrogen-bond acceptors (Lipinski definition) is 6. The molecule has 0 radical (unpaired) electrons. The van der Waals surface area contributed by atoms with Gasteiger partial charge in [0.1, 0.15) is 0 Å². The highest BCUT2D eigenvalue weighted by Gasteiger charge is 2.25. The average molecular weight is 625 g/mol. The van der Waals surface area contributed by atoms with Crippen LogP contribution in [0.1, 0.15) is 75.1 Å². The van der Waals surface area contributed by atoms with Gasteiger partial charge >= 0.3 is 0 Å². The minimum atomic E-state index is -3.52. The zero-order chi connectivity index (χ0) is 28.5. The fourth-order valence-corrected chi connectivity index (χ4v) is 7.40. The van der Waals surface area contributed by atoms with E-state index in [0.29, 0.717) is 41.8 Å². The monoisotopic (exact) mass is 623 g/mol. The summed E-state index contributed by atoms with van der Waals surface area (Å²) in [6, 6.07) is 9.79. The van der Waals surface area contributed by atoms with Crippen LogP contribution in [-0.4, -0.2) is 43.3 Å². The van der Waals surface area contributed by atoms with E-state index in [0.717, 1.165) is 44.1 Å². The summed E-state index contributed by atoms with van der Waals surface area (Å²) < 4.78 is 33.5. The molecule has 0 saturated carbocycles. The third-order valence-corrected chi connectivity index (χ3v) is 10.1. The molecule has 2 aromatic carbocycles. The summed E-state index contributed by atoms with van der Waals surface area (Å²) in [5.74, 6) is -0.0112. The largest absolute Gasteiger partial charge is 0.490 e. The van der Waals surface area contributed by atoms with Crippen LogP contribution in [0.3, 0.4) is 0 Å². The average Bonchev–Trinajstić information content (AvgIpc) is 3.22. The van der Waals surface area contributed by atoms with Crippen molar-refractivity contribution in [2.45, 2.75) is 69.6 Å². The van der Waals surface area contributed by atoms with Gasteiger partial charge in [-0.25, -0.2) is 13.4 Å². The lowest BCUT2D eigenvalue weighted by Crippen LogP contribution is -2.31. The number of ether oxygens (including phenoxy) is 1. The summed E-state index contributed by atoms with van der Waals surface area (Å²) in [7, 11) is -3.52. The van der Waals surface area contributed by atoms with Gasteiger partial charge in [0.25, 0.3) is 5.91 Å². The Balaban J connectivity index is 1.37. The Morgan fingerprint density at radius 2 is 1.65 bits per heavy atom. The van der Waals surface area contributed by atoms with Crippen molar-refractivity contribution in [1.82, 2.24) is 9.29 Å². The Hall–Kier alpha value is -2.17. The number of sulfonamides is 1. The molecule has 1 fully saturated rings. The molecule has 1 aliphatic rings. The fraction of sp³-hybridized carbons (Fsp3) is 0.448. The lowest BCUT2D eigenvalue weighted by Gasteiger charge is -2.19. The van der Waals surface area contributed by atoms with Gasteiger partial charge in [-0.15, -0.1) is 11.3 Å². The molecule has 40 heavy (non-hydrogen) atoms. The Morgan fingerprint density at radius 1 is 1.00 bits per heavy atom. The van der Waals surface area contributed by atoms with Crippen LogP contribution in [0.2, 0.25) is 10.0 Å². The molecule has 1 saturated heterocycles. The second-order valence-electron chi connectivity index (χ2n) is 9.87. The van der Waals surface area contributed by atoms with Crippen molar-refractivity contribution in [3.63, 3.8) is 0 Å². The first-order valence-corrected chi connectivity index (χ1v) is 16.9. The molecule has 1 aromatic heterocycles. The van der Waals surface area contributed by atoms with Gasteiger partial charge < -0.3 is 4.74 Å². The van der Waals surface area contributed by atoms with E-state index in [1.54, 1.807) is 28.6 Å². The van der Waals surface area contributed by atoms with E-state index >= 15 is 0 Å². The Labute approximate surface area is 250 Å². The molecular weight excluding hydrogens is 589 g/mol. The minimum absolute atomic E-state index is 0.277. The highest BCUT2D eigenvalue weighted by molar-refractivity contribution is 7.89. The van der Waals surface area contributed by atoms with Crippen molar-refractivity contribution in [2.24, 2.45) is 0 Å². The number of amides is 1. The number of halogens is 2. The summed E-state index contributed by atoms with van der Waals surface area (Å²) in [4.78, 5) is 17.7. The van der Waals surface area contributed by atoms with E-state index in [2.05, 4.69) is 17.2 Å². The van der Waals surface area contributed by atoms with Gasteiger partial charge in [0.15, 0.2) is 10.9 Å². The molecule has 216 valence electrons. The third kappa shape index (κ3) is 7.97. The summed E-state index contributed by atoms with van der Waals surface area (Å²) >= 11 is 14.0. The predicted molar refractivity (Wildman–Crippen MR) is 163 cm³/mol. The Bertz CT molecular complexity index is 1360. The normalized spacial score (nSPS) is 14.6. The number of benzene rings is 2. The second kappa shape index (κ2) is 14.6. The molecule has 0 bridgehead atoms. The summed E-state index contributed by atoms with van der Waals surface area (Å²) in [6.07, 6.45) is 9.47. The maximum absolute atomic E-state index is 13.1. The quantitative estimate of drug-likeness (QED) is 0.205. The van der Waals surface area contributed by atoms with Crippen molar-refractivity contribution in [2.75, 3.05) is 25.0 Å². The second-order valence-corrected chi connectivity index (χ2v) is 13.5. The van der Waals surface area contributed by atoms with Gasteiger partial charge in [-0.1, -0.05) is 80.8 Å². The Morgan fingerprint density at radius 3 is 2.30 bits per heavy atom. The smallest absolute Gasteiger partial charge is 0.257 e. The molecule has 4 rings (SSSR count). The summed E-state index contributed by atoms with van der Waals surface area (Å²) in [5, 5.41) is 5.56. The van der Waals surface area contributed by atoms with E-state index < -0.39 is 15.9 Å². The number of hydrogen-bond donors (Lipinski definition) is 1. The molecule has 0 spiro atoms. The molecule has 1 amide bonds. The molecule has 0 unspecified atom stereocenters. The van der Waals surface area contributed by atoms with Crippen molar-refractivity contribution < 1.29 is 17.9 Å². The van der Waals surface area contributed by atoms with Crippen LogP contribution < -0.4 is 10.1 Å². The van der Waals surface area contributed by atoms with Crippen molar-refractivity contribution in [3.05, 3.63) is 57.4 Å². The van der Waals surface area contributed by atoms with E-state index in [9.17, 15) is 13.2 Å². The molecule has 0 aliphatic carbocycles. The van der Waals surface area contributed by atoms with Crippen LogP contribution in [0.4, 0.5) is 5.13 Å². The molecular formula is C29H35Cl2N3O4S2. The lowest BCUT2D eigenvalue weighted by molar-refractivity contribution is 0.102. The topological polar surface area (TPSA) is 88.6 Å². The number of rotatable bonds is 12. The van der Waals surface area contributed by atoms with Gasteiger partial charge in [-0.2, -0.15) is 4.31 Å². The molecule has 11 heteroatoms. The van der Waals surface area contributed by atoms with Gasteiger partial charge in [0.2, 0.25) is 10.0 Å². The van der Waals surface area contributed by atoms with Crippen LogP contribution in [0.15, 0.2) is 46.7 Å². The first-order chi connectivity index (χ1) is 19.3. The first-order valence-electron chi connectivity index (χ1n) is 13.8. The number of nitrogens with zero attached hydrogens (tertiary/aromatic N) is 2. The number of aromatic nitrogens is 1. The highest BCUT2D eigenvalue weighted by Crippen LogP contribution is 2.35. The predicted octanol–water partition coefficient (Wildman–Crippen LogP) is 8.28. The molecule has 3 aromatic rings. The van der Waals surface area contributed by atoms with Gasteiger partial charge in [-0.05, 0) is 43.5 Å². The first kappa shape index (κ1) is 30.8. The van der Waals surface area contributed by atoms with Gasteiger partial charge in [-0.3, -0.25) is 10.1 Å². The number of anilines is 1. The molecule has 2 heterocycles. The van der Waals surface area contributed by atoms with Crippen molar-refractivity contribution in [1.29, 1.82) is 0 Å². The van der Waals surface area contributed by atoms with Crippen LogP contribution >= 0.6 is 34.5 Å². The van der Waals surface area contributed by atoms with Crippen LogP contribution in [-0.2, 0) is 10.0 Å². The van der Waals surface area contributed by atoms with Crippen molar-refractivity contribution in [3.8, 4) is 17.0 Å². The molecule has 1 N–H and O–H groups in total. The molecule has 1 aliphatic heterocycles. The zero-order valence-electron chi connectivity index (χ0n) is 22.6. The Kier molecular flexibility index (Phi) is 11.3. The van der Waals surface area contributed by atoms with E-state index in [4.69, 9.17) is 27.9 Å². The maximum atomic E-state index is 13.1. The number of unbranched alkanes of at least 4 members (excludes halogenated alkanes) is 4. The number of thiazole rings is 1. The highest BCUT2D eigenvalue weighted by atomic mass is 35.5. The summed E-state index contributed by atoms with van der Waals surface area (Å²) in [5.41, 5.74) is 1.69. The van der Waals surface area contributed by atoms with Gasteiger partial charge in [0, 0.05) is 29.6 Å². The van der Waals surface area contributed by atoms with Crippen LogP contribution in [0, 0.1) is 0 Å². The van der Waals surface area contributed by atoms with E-state index in [-0.39, 0.29) is 14.9 Å². The van der Waals surface area contributed by atoms with Crippen LogP contribution in [0.5, 0.6) is 5.75 Å². The summed E-state index contributed by atoms with van der Waals surface area (Å²) in [6.45, 7) is 3.81. The van der Waals surface area contributed by atoms with Crippen LogP contribution in [0.25, 0.3) is 11.3 Å². The number of carbonyl (C=O) groups is 1. The van der Waals surface area contributed by atoms with E-state index in [1.165, 1.54) is 42.7 Å². The van der Waals surface area contributed by atoms with Crippen molar-refractivity contribution >= 4 is 55.6 Å². The molecule has 7 nitrogen and oxygen atoms in total. The fourth-order valence-electron chi connectivity index (χ4n) is 4.57. The maximum Gasteiger partial charge on any atom is 0.257 e. The zero-order valence-corrected chi connectivity index (χ0v) is 25.8. The number of carbonyl (C=O) groups excluding carboxylic acids is 1.